The molecule has 0 aliphatic heterocycles. The van der Waals surface area contributed by atoms with E-state index in [9.17, 15) is 14.4 Å². The highest BCUT2D eigenvalue weighted by molar-refractivity contribution is 5.71. The highest BCUT2D eigenvalue weighted by Crippen LogP contribution is 2.16. The lowest BCUT2D eigenvalue weighted by atomic mass is 10.0. The Morgan fingerprint density at radius 3 is 0.985 bits per heavy atom. The largest absolute Gasteiger partial charge is 0.462 e. The number of hydrogen-bond donors (Lipinski definition) is 0. The molecule has 1 unspecified atom stereocenters. The van der Waals surface area contributed by atoms with Gasteiger partial charge in [-0.2, -0.15) is 0 Å². The molecule has 384 valence electrons. The monoisotopic (exact) mass is 933 g/mol. The highest BCUT2D eigenvalue weighted by Gasteiger charge is 2.19. The van der Waals surface area contributed by atoms with Gasteiger partial charge in [0.15, 0.2) is 6.10 Å². The van der Waals surface area contributed by atoms with E-state index in [4.69, 9.17) is 14.2 Å². The van der Waals surface area contributed by atoms with E-state index in [1.807, 2.05) is 60.8 Å². The predicted molar refractivity (Wildman–Crippen MR) is 288 cm³/mol. The Bertz CT molecular complexity index is 1300. The molecule has 0 N–H and O–H groups in total. The molecular weight excluding hydrogens is 829 g/mol. The first-order chi connectivity index (χ1) is 33.0. The molecule has 0 heterocycles. The Kier molecular flexibility index (Phi) is 52.4. The van der Waals surface area contributed by atoms with Crippen LogP contribution in [0.3, 0.4) is 0 Å². The molecular formula is C61H104O6. The molecule has 0 aromatic rings. The number of carbonyl (C=O) groups is 3. The Balaban J connectivity index is 4.46. The number of rotatable bonds is 50. The zero-order valence-electron chi connectivity index (χ0n) is 43.9. The Hall–Kier alpha value is -3.41. The molecule has 0 aliphatic carbocycles. The van der Waals surface area contributed by atoms with Crippen LogP contribution in [0.1, 0.15) is 265 Å². The summed E-state index contributed by atoms with van der Waals surface area (Å²) in [6, 6.07) is 0. The van der Waals surface area contributed by atoms with Crippen molar-refractivity contribution in [1.82, 2.24) is 0 Å². The maximum atomic E-state index is 12.9. The lowest BCUT2D eigenvalue weighted by Crippen LogP contribution is -2.30. The van der Waals surface area contributed by atoms with Gasteiger partial charge in [0.25, 0.3) is 0 Å². The van der Waals surface area contributed by atoms with Crippen LogP contribution in [0.5, 0.6) is 0 Å². The number of ether oxygens (including phenoxy) is 3. The third-order valence-corrected chi connectivity index (χ3v) is 12.0. The maximum absolute atomic E-state index is 12.9. The fourth-order valence-electron chi connectivity index (χ4n) is 7.82. The van der Waals surface area contributed by atoms with Gasteiger partial charge in [-0.25, -0.2) is 0 Å². The summed E-state index contributed by atoms with van der Waals surface area (Å²) >= 11 is 0. The molecule has 1 atom stereocenters. The van der Waals surface area contributed by atoms with Crippen molar-refractivity contribution in [2.24, 2.45) is 0 Å². The van der Waals surface area contributed by atoms with Crippen molar-refractivity contribution in [1.29, 1.82) is 0 Å². The van der Waals surface area contributed by atoms with E-state index >= 15 is 0 Å². The van der Waals surface area contributed by atoms with Gasteiger partial charge in [-0.3, -0.25) is 14.4 Å². The van der Waals surface area contributed by atoms with Crippen LogP contribution in [0.2, 0.25) is 0 Å². The van der Waals surface area contributed by atoms with Crippen molar-refractivity contribution < 1.29 is 28.6 Å². The first kappa shape index (κ1) is 63.6. The second-order valence-electron chi connectivity index (χ2n) is 18.6. The van der Waals surface area contributed by atoms with Gasteiger partial charge < -0.3 is 14.2 Å². The standard InChI is InChI=1S/C61H104O6/c1-4-7-10-13-16-19-22-25-28-30-33-36-39-42-45-48-51-54-60(63)66-57-58(56-65-59(62)53-50-47-44-41-38-35-32-27-24-21-18-15-12-9-6-3)67-61(64)55-52-49-46-43-40-37-34-31-29-26-23-20-17-14-11-8-5-2/h7,10,13,16,19,21-22,24-25,28,30,33,36,39,58H,4-6,8-9,11-12,14-15,17-18,20,23,26-27,29,31-32,34-35,37-38,40-57H2,1-3H3/b10-7-,16-13-,22-19-,24-21-,28-25-,33-30+,39-36-. The van der Waals surface area contributed by atoms with E-state index in [1.165, 1.54) is 154 Å². The van der Waals surface area contributed by atoms with Gasteiger partial charge in [-0.15, -0.1) is 0 Å². The normalized spacial score (nSPS) is 12.7. The topological polar surface area (TPSA) is 78.9 Å². The van der Waals surface area contributed by atoms with Gasteiger partial charge in [0.05, 0.1) is 0 Å². The van der Waals surface area contributed by atoms with Crippen LogP contribution in [0.15, 0.2) is 85.1 Å². The average Bonchev–Trinajstić information content (AvgIpc) is 3.33. The lowest BCUT2D eigenvalue weighted by molar-refractivity contribution is -0.167. The van der Waals surface area contributed by atoms with E-state index in [0.717, 1.165) is 70.6 Å². The summed E-state index contributed by atoms with van der Waals surface area (Å²) in [7, 11) is 0. The van der Waals surface area contributed by atoms with Crippen molar-refractivity contribution in [3.8, 4) is 0 Å². The second kappa shape index (κ2) is 55.2. The van der Waals surface area contributed by atoms with Gasteiger partial charge in [-0.1, -0.05) is 266 Å². The van der Waals surface area contributed by atoms with Gasteiger partial charge in [-0.05, 0) is 64.2 Å². The first-order valence-corrected chi connectivity index (χ1v) is 28.2. The number of allylic oxidation sites excluding steroid dienone is 14. The molecule has 0 aromatic heterocycles. The minimum atomic E-state index is -0.795. The van der Waals surface area contributed by atoms with Crippen molar-refractivity contribution in [3.63, 3.8) is 0 Å². The quantitative estimate of drug-likeness (QED) is 0.0199. The molecule has 0 radical (unpaired) electrons. The minimum absolute atomic E-state index is 0.0916. The van der Waals surface area contributed by atoms with Gasteiger partial charge >= 0.3 is 17.9 Å². The summed E-state index contributed by atoms with van der Waals surface area (Å²) in [5, 5.41) is 0. The van der Waals surface area contributed by atoms with Crippen molar-refractivity contribution in [2.75, 3.05) is 13.2 Å². The van der Waals surface area contributed by atoms with Gasteiger partial charge in [0, 0.05) is 19.3 Å². The van der Waals surface area contributed by atoms with Crippen LogP contribution < -0.4 is 0 Å². The zero-order chi connectivity index (χ0) is 48.6. The van der Waals surface area contributed by atoms with Crippen LogP contribution in [0, 0.1) is 0 Å². The van der Waals surface area contributed by atoms with E-state index in [0.29, 0.717) is 19.3 Å². The van der Waals surface area contributed by atoms with Crippen LogP contribution in [0.25, 0.3) is 0 Å². The smallest absolute Gasteiger partial charge is 0.306 e. The minimum Gasteiger partial charge on any atom is -0.462 e. The van der Waals surface area contributed by atoms with Gasteiger partial charge in [0.2, 0.25) is 0 Å². The van der Waals surface area contributed by atoms with E-state index in [-0.39, 0.29) is 31.1 Å². The van der Waals surface area contributed by atoms with Crippen LogP contribution >= 0.6 is 0 Å². The summed E-state index contributed by atoms with van der Waals surface area (Å²) in [6.07, 6.45) is 71.4. The summed E-state index contributed by atoms with van der Waals surface area (Å²) in [4.78, 5) is 38.1. The first-order valence-electron chi connectivity index (χ1n) is 28.2. The molecule has 67 heavy (non-hydrogen) atoms. The number of esters is 3. The molecule has 0 rings (SSSR count). The molecule has 0 saturated carbocycles. The van der Waals surface area contributed by atoms with Crippen LogP contribution in [-0.4, -0.2) is 37.2 Å². The molecule has 0 aromatic carbocycles. The maximum Gasteiger partial charge on any atom is 0.306 e. The summed E-state index contributed by atoms with van der Waals surface area (Å²) in [5.41, 5.74) is 0. The molecule has 0 amide bonds. The molecule has 0 fully saturated rings. The third-order valence-electron chi connectivity index (χ3n) is 12.0. The molecule has 0 aliphatic rings. The van der Waals surface area contributed by atoms with Crippen LogP contribution in [-0.2, 0) is 28.6 Å². The van der Waals surface area contributed by atoms with E-state index < -0.39 is 6.10 Å². The number of unbranched alkanes of at least 4 members (excludes halogenated alkanes) is 30. The predicted octanol–water partition coefficient (Wildman–Crippen LogP) is 18.8. The Morgan fingerprint density at radius 2 is 0.597 bits per heavy atom. The fourth-order valence-corrected chi connectivity index (χ4v) is 7.82. The molecule has 0 spiro atoms. The average molecular weight is 933 g/mol. The van der Waals surface area contributed by atoms with Crippen molar-refractivity contribution in [2.45, 2.75) is 271 Å². The molecule has 0 saturated heterocycles. The summed E-state index contributed by atoms with van der Waals surface area (Å²) in [6.45, 7) is 6.46. The number of carbonyl (C=O) groups excluding carboxylic acids is 3. The third kappa shape index (κ3) is 53.4. The van der Waals surface area contributed by atoms with E-state index in [2.05, 4.69) is 45.1 Å². The lowest BCUT2D eigenvalue weighted by Gasteiger charge is -2.18. The second-order valence-corrected chi connectivity index (χ2v) is 18.6. The molecule has 6 nitrogen and oxygen atoms in total. The van der Waals surface area contributed by atoms with Gasteiger partial charge in [0.1, 0.15) is 13.2 Å². The van der Waals surface area contributed by atoms with E-state index in [1.54, 1.807) is 0 Å². The highest BCUT2D eigenvalue weighted by atomic mass is 16.6. The van der Waals surface area contributed by atoms with Crippen molar-refractivity contribution >= 4 is 17.9 Å². The molecule has 0 bridgehead atoms. The Labute approximate surface area is 414 Å². The number of hydrogen-bond acceptors (Lipinski definition) is 6. The summed E-state index contributed by atoms with van der Waals surface area (Å²) < 4.78 is 16.8. The molecule has 6 heteroatoms. The van der Waals surface area contributed by atoms with Crippen LogP contribution in [0.4, 0.5) is 0 Å². The summed E-state index contributed by atoms with van der Waals surface area (Å²) in [5.74, 6) is -0.933. The Morgan fingerprint density at radius 1 is 0.313 bits per heavy atom. The fraction of sp³-hybridized carbons (Fsp3) is 0.721. The SMILES string of the molecule is CC\C=C/C=C\C=C/C=C\C=C\C=C/CCCCCC(=O)OCC(COC(=O)CCCCCCCCC/C=C\CCCCCC)OC(=O)CCCCCCCCCCCCCCCCCCC. The van der Waals surface area contributed by atoms with Crippen molar-refractivity contribution in [3.05, 3.63) is 85.1 Å². The zero-order valence-corrected chi connectivity index (χ0v) is 43.9.